The summed E-state index contributed by atoms with van der Waals surface area (Å²) >= 11 is 3.21. The van der Waals surface area contributed by atoms with Crippen LogP contribution in [0.2, 0.25) is 0 Å². The van der Waals surface area contributed by atoms with Crippen molar-refractivity contribution in [3.8, 4) is 0 Å². The Hall–Kier alpha value is -2.29. The Labute approximate surface area is 143 Å². The molecule has 1 N–H and O–H groups in total. The van der Waals surface area contributed by atoms with E-state index in [1.165, 1.54) is 12.3 Å². The van der Waals surface area contributed by atoms with Crippen molar-refractivity contribution in [1.29, 1.82) is 0 Å². The van der Waals surface area contributed by atoms with E-state index in [1.54, 1.807) is 12.1 Å². The minimum absolute atomic E-state index is 0.232. The molecule has 1 atom stereocenters. The molecule has 0 spiro atoms. The molecule has 2 aromatic rings. The van der Waals surface area contributed by atoms with Gasteiger partial charge in [0.05, 0.1) is 0 Å². The van der Waals surface area contributed by atoms with Gasteiger partial charge in [-0.25, -0.2) is 9.78 Å². The number of anilines is 2. The van der Waals surface area contributed by atoms with Crippen LogP contribution >= 0.6 is 15.9 Å². The number of rotatable bonds is 2. The van der Waals surface area contributed by atoms with Crippen LogP contribution in [0.3, 0.4) is 0 Å². The average molecular weight is 402 g/mol. The van der Waals surface area contributed by atoms with E-state index >= 15 is 0 Å². The quantitative estimate of drug-likeness (QED) is 0.820. The van der Waals surface area contributed by atoms with Crippen molar-refractivity contribution in [2.24, 2.45) is 0 Å². The summed E-state index contributed by atoms with van der Waals surface area (Å²) in [6, 6.07) is 8.63. The van der Waals surface area contributed by atoms with E-state index < -0.39 is 18.3 Å². The number of hydroxylamine groups is 1. The number of aromatic nitrogens is 1. The van der Waals surface area contributed by atoms with Crippen LogP contribution in [0.1, 0.15) is 17.3 Å². The fraction of sp³-hybridized carbons (Fsp3) is 0.200. The summed E-state index contributed by atoms with van der Waals surface area (Å²) in [6.07, 6.45) is -4.41. The van der Waals surface area contributed by atoms with E-state index in [4.69, 9.17) is 0 Å². The molecule has 0 radical (unpaired) electrons. The molecule has 1 aromatic carbocycles. The molecule has 3 rings (SSSR count). The summed E-state index contributed by atoms with van der Waals surface area (Å²) in [7, 11) is 0. The number of alkyl halides is 3. The molecule has 1 aliphatic heterocycles. The van der Waals surface area contributed by atoms with Gasteiger partial charge in [-0.3, -0.25) is 0 Å². The van der Waals surface area contributed by atoms with E-state index in [2.05, 4.69) is 31.1 Å². The second kappa shape index (κ2) is 5.97. The molecule has 1 aliphatic rings. The highest BCUT2D eigenvalue weighted by Gasteiger charge is 2.45. The number of pyridine rings is 1. The molecular weight excluding hydrogens is 391 g/mol. The normalized spacial score (nSPS) is 16.5. The van der Waals surface area contributed by atoms with Gasteiger partial charge >= 0.3 is 12.1 Å². The maximum Gasteiger partial charge on any atom is 0.493 e. The van der Waals surface area contributed by atoms with Crippen LogP contribution in [-0.4, -0.2) is 17.1 Å². The topological polar surface area (TPSA) is 54.5 Å². The SMILES string of the molecule is Cc1ccccc1C1Nc2ncc(Br)cc2N1OC(=O)C(F)(F)F. The fourth-order valence-electron chi connectivity index (χ4n) is 2.38. The molecule has 24 heavy (non-hydrogen) atoms. The highest BCUT2D eigenvalue weighted by atomic mass is 79.9. The second-order valence-corrected chi connectivity index (χ2v) is 6.04. The molecule has 9 heteroatoms. The third kappa shape index (κ3) is 3.03. The molecule has 2 heterocycles. The number of nitrogens with one attached hydrogen (secondary N) is 1. The predicted molar refractivity (Wildman–Crippen MR) is 84.1 cm³/mol. The molecule has 126 valence electrons. The Morgan fingerprint density at radius 2 is 2.08 bits per heavy atom. The standard InChI is InChI=1S/C15H11BrF3N3O2/c1-8-4-2-3-5-10(8)13-21-12-11(6-9(16)7-20-12)22(13)24-14(23)15(17,18)19/h2-7,13H,1H3,(H,20,21). The number of halogens is 4. The van der Waals surface area contributed by atoms with E-state index in [0.29, 0.717) is 15.9 Å². The lowest BCUT2D eigenvalue weighted by Gasteiger charge is -2.26. The largest absolute Gasteiger partial charge is 0.493 e. The van der Waals surface area contributed by atoms with Crippen LogP contribution in [-0.2, 0) is 9.63 Å². The smallest absolute Gasteiger partial charge is 0.342 e. The van der Waals surface area contributed by atoms with E-state index in [9.17, 15) is 18.0 Å². The minimum Gasteiger partial charge on any atom is -0.342 e. The van der Waals surface area contributed by atoms with Gasteiger partial charge in [-0.05, 0) is 34.5 Å². The van der Waals surface area contributed by atoms with Crippen molar-refractivity contribution < 1.29 is 22.8 Å². The predicted octanol–water partition coefficient (Wildman–Crippen LogP) is 4.10. The molecule has 1 aromatic heterocycles. The lowest BCUT2D eigenvalue weighted by molar-refractivity contribution is -0.201. The molecule has 1 unspecified atom stereocenters. The number of carbonyl (C=O) groups is 1. The molecule has 0 amide bonds. The van der Waals surface area contributed by atoms with Gasteiger partial charge < -0.3 is 10.2 Å². The monoisotopic (exact) mass is 401 g/mol. The average Bonchev–Trinajstić information content (AvgIpc) is 2.85. The van der Waals surface area contributed by atoms with E-state index in [1.807, 2.05) is 19.1 Å². The van der Waals surface area contributed by atoms with Gasteiger partial charge in [0.15, 0.2) is 12.0 Å². The van der Waals surface area contributed by atoms with Crippen LogP contribution in [0.5, 0.6) is 0 Å². The Morgan fingerprint density at radius 1 is 1.38 bits per heavy atom. The van der Waals surface area contributed by atoms with Gasteiger partial charge in [-0.15, -0.1) is 0 Å². The van der Waals surface area contributed by atoms with Crippen LogP contribution in [0.25, 0.3) is 0 Å². The summed E-state index contributed by atoms with van der Waals surface area (Å²) in [5.74, 6) is -1.97. The Morgan fingerprint density at radius 3 is 2.75 bits per heavy atom. The first kappa shape index (κ1) is 16.6. The lowest BCUT2D eigenvalue weighted by Crippen LogP contribution is -2.37. The van der Waals surface area contributed by atoms with E-state index in [-0.39, 0.29) is 5.69 Å². The van der Waals surface area contributed by atoms with Crippen molar-refractivity contribution in [2.75, 3.05) is 10.4 Å². The Kier molecular flexibility index (Phi) is 4.12. The van der Waals surface area contributed by atoms with Crippen molar-refractivity contribution in [3.05, 3.63) is 52.1 Å². The highest BCUT2D eigenvalue weighted by molar-refractivity contribution is 9.10. The zero-order valence-corrected chi connectivity index (χ0v) is 13.9. The van der Waals surface area contributed by atoms with Gasteiger partial charge in [0.25, 0.3) is 0 Å². The fourth-order valence-corrected chi connectivity index (χ4v) is 2.69. The van der Waals surface area contributed by atoms with Gasteiger partial charge in [0.2, 0.25) is 0 Å². The zero-order valence-electron chi connectivity index (χ0n) is 12.3. The zero-order chi connectivity index (χ0) is 17.5. The van der Waals surface area contributed by atoms with Crippen molar-refractivity contribution in [1.82, 2.24) is 4.98 Å². The molecule has 0 bridgehead atoms. The van der Waals surface area contributed by atoms with Crippen LogP contribution in [0.15, 0.2) is 41.0 Å². The summed E-state index contributed by atoms with van der Waals surface area (Å²) in [6.45, 7) is 1.81. The Bertz CT molecular complexity index is 798. The number of carbonyl (C=O) groups excluding carboxylic acids is 1. The number of hydrogen-bond acceptors (Lipinski definition) is 5. The van der Waals surface area contributed by atoms with Crippen LogP contribution in [0.4, 0.5) is 24.7 Å². The molecule has 0 saturated carbocycles. The number of fused-ring (bicyclic) bond motifs is 1. The summed E-state index contributed by atoms with van der Waals surface area (Å²) in [5.41, 5.74) is 1.73. The molecule has 5 nitrogen and oxygen atoms in total. The summed E-state index contributed by atoms with van der Waals surface area (Å²) in [5, 5.41) is 3.87. The molecule has 0 saturated heterocycles. The van der Waals surface area contributed by atoms with Crippen molar-refractivity contribution in [2.45, 2.75) is 19.3 Å². The molecular formula is C15H11BrF3N3O2. The number of benzene rings is 1. The molecule has 0 fully saturated rings. The van der Waals surface area contributed by atoms with Crippen LogP contribution < -0.4 is 10.4 Å². The third-order valence-electron chi connectivity index (χ3n) is 3.48. The van der Waals surface area contributed by atoms with Gasteiger partial charge in [0, 0.05) is 16.2 Å². The first-order valence-corrected chi connectivity index (χ1v) is 7.62. The summed E-state index contributed by atoms with van der Waals surface area (Å²) < 4.78 is 38.4. The van der Waals surface area contributed by atoms with Gasteiger partial charge in [0.1, 0.15) is 5.69 Å². The third-order valence-corrected chi connectivity index (χ3v) is 3.91. The van der Waals surface area contributed by atoms with Crippen molar-refractivity contribution in [3.63, 3.8) is 0 Å². The maximum atomic E-state index is 12.6. The molecule has 0 aliphatic carbocycles. The summed E-state index contributed by atoms with van der Waals surface area (Å²) in [4.78, 5) is 20.1. The van der Waals surface area contributed by atoms with E-state index in [0.717, 1.165) is 10.6 Å². The highest BCUT2D eigenvalue weighted by Crippen LogP contribution is 2.42. The first-order valence-electron chi connectivity index (χ1n) is 6.83. The van der Waals surface area contributed by atoms with Gasteiger partial charge in [-0.2, -0.15) is 18.2 Å². The minimum atomic E-state index is -5.10. The van der Waals surface area contributed by atoms with Gasteiger partial charge in [-0.1, -0.05) is 24.3 Å². The first-order chi connectivity index (χ1) is 11.3. The second-order valence-electron chi connectivity index (χ2n) is 5.13. The van der Waals surface area contributed by atoms with Crippen molar-refractivity contribution >= 4 is 33.4 Å². The maximum absolute atomic E-state index is 12.6. The lowest BCUT2D eigenvalue weighted by atomic mass is 10.1. The Balaban J connectivity index is 2.03. The number of aryl methyl sites for hydroxylation is 1. The van der Waals surface area contributed by atoms with Crippen LogP contribution in [0, 0.1) is 6.92 Å². The number of nitrogens with zero attached hydrogens (tertiary/aromatic N) is 2. The number of hydrogen-bond donors (Lipinski definition) is 1.